The lowest BCUT2D eigenvalue weighted by molar-refractivity contribution is -0.362. The summed E-state index contributed by atoms with van der Waals surface area (Å²) in [5.41, 5.74) is 1.67. The number of nitrogens with zero attached hydrogens (tertiary/aromatic N) is 6. The fraction of sp³-hybridized carbons (Fsp3) is 0.273. The lowest BCUT2D eigenvalue weighted by Crippen LogP contribution is -2.51. The molecule has 0 bridgehead atoms. The van der Waals surface area contributed by atoms with E-state index in [2.05, 4.69) is 9.97 Å². The van der Waals surface area contributed by atoms with Crippen molar-refractivity contribution in [3.8, 4) is 0 Å². The van der Waals surface area contributed by atoms with Crippen LogP contribution in [-0.4, -0.2) is 84.0 Å². The van der Waals surface area contributed by atoms with Crippen LogP contribution in [0, 0.1) is 19.7 Å². The molecule has 1 aromatic carbocycles. The van der Waals surface area contributed by atoms with Gasteiger partial charge in [0.2, 0.25) is 5.91 Å². The Morgan fingerprint density at radius 3 is 2.54 bits per heavy atom. The first-order chi connectivity index (χ1) is 22.9. The molecule has 0 radical (unpaired) electrons. The van der Waals surface area contributed by atoms with Crippen molar-refractivity contribution in [3.05, 3.63) is 115 Å². The number of pyridine rings is 1. The number of allylic oxidation sites excluding steroid dienone is 2. The van der Waals surface area contributed by atoms with Gasteiger partial charge in [-0.2, -0.15) is 0 Å². The first kappa shape index (κ1) is 31.2. The fourth-order valence-corrected chi connectivity index (χ4v) is 6.90. The van der Waals surface area contributed by atoms with E-state index >= 15 is 8.63 Å². The van der Waals surface area contributed by atoms with Crippen molar-refractivity contribution in [1.29, 1.82) is 0 Å². The Bertz CT molecular complexity index is 2240. The van der Waals surface area contributed by atoms with Gasteiger partial charge in [-0.3, -0.25) is 23.9 Å². The highest BCUT2D eigenvalue weighted by Gasteiger charge is 2.52. The normalized spacial score (nSPS) is 16.7. The number of amides is 2. The molecule has 3 aromatic heterocycles. The summed E-state index contributed by atoms with van der Waals surface area (Å²) in [6.45, 7) is 0.0234. The van der Waals surface area contributed by atoms with E-state index in [1.54, 1.807) is 49.1 Å². The number of piperazine rings is 1. The summed E-state index contributed by atoms with van der Waals surface area (Å²) in [6, 6.07) is 8.82. The number of aryl methyl sites for hydroxylation is 2. The molecule has 3 aliphatic heterocycles. The highest BCUT2D eigenvalue weighted by atomic mass is 19.2. The Morgan fingerprint density at radius 2 is 1.77 bits per heavy atom. The molecule has 11 nitrogen and oxygen atoms in total. The standard InChI is InChI=1S/C33H31BF3N7O4/c1-20-16-21(2)43-28(20)18-24-7-6-23(44(24)34(43,36)37)8-10-29(45)40-12-14-41(15-13-40)32(47)26-17-22(5-9-27(26)35)19-42-30-25(4-3-11-38-30)31(46)39-33(42)48/h3-7,9,11,16-18H,8,10,12-15,19H2,1-2H3,(H,39,46,48). The average molecular weight is 657 g/mol. The van der Waals surface area contributed by atoms with Gasteiger partial charge in [0.1, 0.15) is 17.2 Å². The summed E-state index contributed by atoms with van der Waals surface area (Å²) in [5.74, 6) is -1.52. The highest BCUT2D eigenvalue weighted by Crippen LogP contribution is 2.34. The minimum absolute atomic E-state index is 0.0183. The molecule has 0 aliphatic carbocycles. The van der Waals surface area contributed by atoms with Crippen molar-refractivity contribution >= 4 is 41.6 Å². The molecule has 0 spiro atoms. The predicted octanol–water partition coefficient (Wildman–Crippen LogP) is 3.06. The molecule has 0 atom stereocenters. The first-order valence-corrected chi connectivity index (χ1v) is 15.6. The smallest absolute Gasteiger partial charge is 0.394 e. The molecule has 1 N–H and O–H groups in total. The molecule has 48 heavy (non-hydrogen) atoms. The summed E-state index contributed by atoms with van der Waals surface area (Å²) in [4.78, 5) is 60.8. The molecule has 7 rings (SSSR count). The van der Waals surface area contributed by atoms with Crippen LogP contribution in [-0.2, 0) is 11.3 Å². The molecule has 4 aromatic rings. The second-order valence-corrected chi connectivity index (χ2v) is 12.3. The number of hydrogen-bond acceptors (Lipinski definition) is 5. The SMILES string of the molecule is Cc1cc(C)n2c1C=C1C=CC(CCC(=O)N3CCN(C(=O)c4cc(Cn5c(=O)[nH]c(=O)c6cccnc65)ccc4F)CC3)=[N+]1[B-]2(F)F. The number of aromatic nitrogens is 4. The number of halogens is 3. The zero-order valence-corrected chi connectivity index (χ0v) is 26.3. The third kappa shape index (κ3) is 5.19. The zero-order chi connectivity index (χ0) is 33.9. The van der Waals surface area contributed by atoms with Crippen molar-refractivity contribution in [3.63, 3.8) is 0 Å². The van der Waals surface area contributed by atoms with E-state index in [-0.39, 0.29) is 68.1 Å². The van der Waals surface area contributed by atoms with Crippen LogP contribution in [0.3, 0.4) is 0 Å². The van der Waals surface area contributed by atoms with E-state index in [4.69, 9.17) is 0 Å². The molecular weight excluding hydrogens is 626 g/mol. The molecule has 3 aliphatic rings. The van der Waals surface area contributed by atoms with Crippen LogP contribution >= 0.6 is 0 Å². The molecule has 0 unspecified atom stereocenters. The fourth-order valence-electron chi connectivity index (χ4n) is 6.90. The Hall–Kier alpha value is -5.47. The monoisotopic (exact) mass is 657 g/mol. The van der Waals surface area contributed by atoms with Gasteiger partial charge in [0.25, 0.3) is 11.5 Å². The van der Waals surface area contributed by atoms with Gasteiger partial charge < -0.3 is 27.4 Å². The van der Waals surface area contributed by atoms with Crippen LogP contribution in [0.1, 0.15) is 45.7 Å². The quantitative estimate of drug-likeness (QED) is 0.320. The zero-order valence-electron chi connectivity index (χ0n) is 26.3. The maximum Gasteiger partial charge on any atom is 0.737 e. The Balaban J connectivity index is 1.01. The lowest BCUT2D eigenvalue weighted by atomic mass is 9.90. The van der Waals surface area contributed by atoms with Crippen LogP contribution in [0.5, 0.6) is 0 Å². The maximum absolute atomic E-state index is 15.7. The van der Waals surface area contributed by atoms with Crippen molar-refractivity contribution in [2.45, 2.75) is 33.2 Å². The van der Waals surface area contributed by atoms with E-state index in [0.29, 0.717) is 28.4 Å². The van der Waals surface area contributed by atoms with Gasteiger partial charge in [0, 0.05) is 69.1 Å². The van der Waals surface area contributed by atoms with Crippen molar-refractivity contribution in [1.82, 2.24) is 28.8 Å². The van der Waals surface area contributed by atoms with E-state index in [0.717, 1.165) is 20.6 Å². The van der Waals surface area contributed by atoms with Gasteiger partial charge in [0.15, 0.2) is 5.70 Å². The second kappa shape index (κ2) is 11.7. The number of aromatic amines is 1. The largest absolute Gasteiger partial charge is 0.737 e. The third-order valence-corrected chi connectivity index (χ3v) is 9.28. The predicted molar refractivity (Wildman–Crippen MR) is 174 cm³/mol. The van der Waals surface area contributed by atoms with Crippen LogP contribution in [0.4, 0.5) is 13.0 Å². The van der Waals surface area contributed by atoms with Crippen LogP contribution < -0.4 is 11.2 Å². The van der Waals surface area contributed by atoms with Gasteiger partial charge in [-0.25, -0.2) is 14.2 Å². The number of hydrogen-bond donors (Lipinski definition) is 1. The number of benzene rings is 1. The Morgan fingerprint density at radius 1 is 1.02 bits per heavy atom. The molecule has 1 saturated heterocycles. The summed E-state index contributed by atoms with van der Waals surface area (Å²) in [5, 5.41) is 0.216. The number of H-pyrrole nitrogens is 1. The van der Waals surface area contributed by atoms with E-state index < -0.39 is 29.9 Å². The van der Waals surface area contributed by atoms with Crippen molar-refractivity contribution < 1.29 is 27.1 Å². The van der Waals surface area contributed by atoms with Gasteiger partial charge >= 0.3 is 12.7 Å². The topological polar surface area (TPSA) is 116 Å². The molecular formula is C33H31BF3N7O4. The van der Waals surface area contributed by atoms with Crippen molar-refractivity contribution in [2.24, 2.45) is 0 Å². The molecule has 1 fully saturated rings. The van der Waals surface area contributed by atoms with Gasteiger partial charge in [-0.15, -0.1) is 0 Å². The summed E-state index contributed by atoms with van der Waals surface area (Å²) in [6.07, 6.45) is 6.62. The van der Waals surface area contributed by atoms with Crippen LogP contribution in [0.25, 0.3) is 17.1 Å². The average Bonchev–Trinajstić information content (AvgIpc) is 3.62. The molecule has 15 heteroatoms. The minimum atomic E-state index is -4.12. The van der Waals surface area contributed by atoms with Crippen molar-refractivity contribution in [2.75, 3.05) is 26.2 Å². The van der Waals surface area contributed by atoms with Crippen LogP contribution in [0.15, 0.2) is 70.0 Å². The van der Waals surface area contributed by atoms with Gasteiger partial charge in [0.05, 0.1) is 17.5 Å². The first-order valence-electron chi connectivity index (χ1n) is 15.6. The third-order valence-electron chi connectivity index (χ3n) is 9.28. The molecule has 0 saturated carbocycles. The summed E-state index contributed by atoms with van der Waals surface area (Å²) >= 11 is 0. The van der Waals surface area contributed by atoms with Gasteiger partial charge in [-0.05, 0) is 61.0 Å². The highest BCUT2D eigenvalue weighted by molar-refractivity contribution is 6.58. The van der Waals surface area contributed by atoms with Gasteiger partial charge in [-0.1, -0.05) is 6.07 Å². The molecule has 6 heterocycles. The minimum Gasteiger partial charge on any atom is -0.394 e. The molecule has 246 valence electrons. The molecule has 2 amide bonds. The summed E-state index contributed by atoms with van der Waals surface area (Å²) < 4.78 is 49.7. The number of carbonyl (C=O) groups excluding carboxylic acids is 2. The summed E-state index contributed by atoms with van der Waals surface area (Å²) in [7, 11) is 0. The van der Waals surface area contributed by atoms with E-state index in [1.165, 1.54) is 33.9 Å². The maximum atomic E-state index is 15.7. The number of carbonyl (C=O) groups is 2. The lowest BCUT2D eigenvalue weighted by Gasteiger charge is -2.35. The number of nitrogens with one attached hydrogen (secondary N) is 1. The van der Waals surface area contributed by atoms with E-state index in [1.807, 2.05) is 0 Å². The number of rotatable bonds is 6. The van der Waals surface area contributed by atoms with Crippen LogP contribution in [0.2, 0.25) is 0 Å². The Labute approximate surface area is 272 Å². The Kier molecular flexibility index (Phi) is 7.56. The van der Waals surface area contributed by atoms with E-state index in [9.17, 15) is 23.6 Å². The number of fused-ring (bicyclic) bond motifs is 3. The second-order valence-electron chi connectivity index (χ2n) is 12.3.